The van der Waals surface area contributed by atoms with Gasteiger partial charge in [0.2, 0.25) is 15.9 Å². The molecule has 11 heteroatoms. The van der Waals surface area contributed by atoms with E-state index >= 15 is 0 Å². The maximum atomic E-state index is 12.0. The van der Waals surface area contributed by atoms with E-state index in [0.29, 0.717) is 11.6 Å². The molecule has 0 aliphatic carbocycles. The fourth-order valence-corrected chi connectivity index (χ4v) is 4.04. The van der Waals surface area contributed by atoms with Gasteiger partial charge in [-0.3, -0.25) is 14.9 Å². The Bertz CT molecular complexity index is 995. The number of aryl methyl sites for hydroxylation is 2. The molecule has 1 aromatic carbocycles. The van der Waals surface area contributed by atoms with Gasteiger partial charge in [0.1, 0.15) is 5.60 Å². The molecule has 2 aromatic rings. The molecule has 0 unspecified atom stereocenters. The molecule has 0 saturated heterocycles. The van der Waals surface area contributed by atoms with Gasteiger partial charge in [0.05, 0.1) is 17.9 Å². The number of hydrogen-bond acceptors (Lipinski definition) is 7. The van der Waals surface area contributed by atoms with Crippen LogP contribution in [-0.4, -0.2) is 36.8 Å². The van der Waals surface area contributed by atoms with Crippen LogP contribution in [0.3, 0.4) is 0 Å². The van der Waals surface area contributed by atoms with E-state index in [1.807, 2.05) is 29.6 Å². The summed E-state index contributed by atoms with van der Waals surface area (Å²) in [4.78, 5) is 27.8. The van der Waals surface area contributed by atoms with Gasteiger partial charge in [-0.15, -0.1) is 11.3 Å². The summed E-state index contributed by atoms with van der Waals surface area (Å²) in [6.45, 7) is 6.77. The van der Waals surface area contributed by atoms with Crippen LogP contribution in [0.25, 0.3) is 0 Å². The predicted molar refractivity (Wildman–Crippen MR) is 120 cm³/mol. The van der Waals surface area contributed by atoms with Crippen molar-refractivity contribution in [2.75, 3.05) is 10.5 Å². The molecule has 0 atom stereocenters. The SMILES string of the molecule is CCS(=O)(=O)Nc1nc(CCc2ccc(CC(=O)NNC(=O)OC(C)(C)C)cc2)cs1. The molecule has 0 saturated carbocycles. The van der Waals surface area contributed by atoms with E-state index in [1.165, 1.54) is 11.3 Å². The van der Waals surface area contributed by atoms with Crippen molar-refractivity contribution < 1.29 is 22.7 Å². The third-order valence-electron chi connectivity index (χ3n) is 3.93. The molecule has 0 radical (unpaired) electrons. The number of nitrogens with zero attached hydrogens (tertiary/aromatic N) is 1. The zero-order valence-electron chi connectivity index (χ0n) is 18.0. The van der Waals surface area contributed by atoms with Crippen molar-refractivity contribution in [1.82, 2.24) is 15.8 Å². The summed E-state index contributed by atoms with van der Waals surface area (Å²) in [5.74, 6) is -0.355. The molecule has 1 heterocycles. The molecular formula is C20H28N4O5S2. The number of thiazole rings is 1. The molecule has 2 rings (SSSR count). The van der Waals surface area contributed by atoms with E-state index in [0.717, 1.165) is 23.2 Å². The van der Waals surface area contributed by atoms with Gasteiger partial charge in [-0.1, -0.05) is 24.3 Å². The largest absolute Gasteiger partial charge is 0.443 e. The highest BCUT2D eigenvalue weighted by Gasteiger charge is 2.16. The van der Waals surface area contributed by atoms with Gasteiger partial charge in [0.15, 0.2) is 5.13 Å². The summed E-state index contributed by atoms with van der Waals surface area (Å²) >= 11 is 1.26. The van der Waals surface area contributed by atoms with Crippen LogP contribution in [0.5, 0.6) is 0 Å². The van der Waals surface area contributed by atoms with Crippen molar-refractivity contribution in [3.05, 3.63) is 46.5 Å². The zero-order valence-corrected chi connectivity index (χ0v) is 19.7. The molecule has 31 heavy (non-hydrogen) atoms. The van der Waals surface area contributed by atoms with Crippen molar-refractivity contribution in [2.24, 2.45) is 0 Å². The van der Waals surface area contributed by atoms with Crippen molar-refractivity contribution >= 4 is 38.5 Å². The third kappa shape index (κ3) is 9.35. The lowest BCUT2D eigenvalue weighted by atomic mass is 10.0. The van der Waals surface area contributed by atoms with E-state index in [9.17, 15) is 18.0 Å². The predicted octanol–water partition coefficient (Wildman–Crippen LogP) is 2.79. The highest BCUT2D eigenvalue weighted by Crippen LogP contribution is 2.18. The number of rotatable bonds is 8. The Morgan fingerprint density at radius 1 is 1.06 bits per heavy atom. The van der Waals surface area contributed by atoms with Crippen LogP contribution in [0.2, 0.25) is 0 Å². The van der Waals surface area contributed by atoms with Gasteiger partial charge in [0.25, 0.3) is 0 Å². The first-order valence-corrected chi connectivity index (χ1v) is 12.3. The topological polar surface area (TPSA) is 126 Å². The van der Waals surface area contributed by atoms with E-state index < -0.39 is 21.7 Å². The third-order valence-corrected chi connectivity index (χ3v) is 6.14. The Labute approximate surface area is 186 Å². The number of anilines is 1. The van der Waals surface area contributed by atoms with Gasteiger partial charge >= 0.3 is 6.09 Å². The second kappa shape index (κ2) is 10.6. The number of hydrogen-bond donors (Lipinski definition) is 3. The molecule has 170 valence electrons. The molecule has 0 aliphatic heterocycles. The Kier molecular flexibility index (Phi) is 8.40. The van der Waals surface area contributed by atoms with Crippen LogP contribution in [0, 0.1) is 0 Å². The second-order valence-electron chi connectivity index (χ2n) is 7.82. The van der Waals surface area contributed by atoms with Crippen molar-refractivity contribution in [3.63, 3.8) is 0 Å². The fourth-order valence-electron chi connectivity index (χ4n) is 2.42. The molecule has 0 aliphatic rings. The fraction of sp³-hybridized carbons (Fsp3) is 0.450. The maximum absolute atomic E-state index is 12.0. The van der Waals surface area contributed by atoms with E-state index in [2.05, 4.69) is 20.6 Å². The average molecular weight is 469 g/mol. The number of benzene rings is 1. The van der Waals surface area contributed by atoms with Gasteiger partial charge in [-0.2, -0.15) is 0 Å². The lowest BCUT2D eigenvalue weighted by Crippen LogP contribution is -2.44. The smallest absolute Gasteiger partial charge is 0.426 e. The summed E-state index contributed by atoms with van der Waals surface area (Å²) in [6.07, 6.45) is 0.799. The van der Waals surface area contributed by atoms with E-state index in [4.69, 9.17) is 4.74 Å². The quantitative estimate of drug-likeness (QED) is 0.512. The zero-order chi connectivity index (χ0) is 23.1. The Hall–Kier alpha value is -2.66. The van der Waals surface area contributed by atoms with Crippen LogP contribution in [0.1, 0.15) is 44.5 Å². The summed E-state index contributed by atoms with van der Waals surface area (Å²) in [6, 6.07) is 7.56. The highest BCUT2D eigenvalue weighted by molar-refractivity contribution is 7.92. The van der Waals surface area contributed by atoms with Gasteiger partial charge in [-0.25, -0.2) is 23.6 Å². The number of sulfonamides is 1. The van der Waals surface area contributed by atoms with Crippen molar-refractivity contribution in [1.29, 1.82) is 0 Å². The molecule has 0 bridgehead atoms. The lowest BCUT2D eigenvalue weighted by Gasteiger charge is -2.19. The minimum Gasteiger partial charge on any atom is -0.443 e. The normalized spacial score (nSPS) is 11.6. The molecular weight excluding hydrogens is 440 g/mol. The second-order valence-corrected chi connectivity index (χ2v) is 10.7. The summed E-state index contributed by atoms with van der Waals surface area (Å²) < 4.78 is 30.7. The van der Waals surface area contributed by atoms with Crippen molar-refractivity contribution in [2.45, 2.75) is 52.6 Å². The number of aromatic nitrogens is 1. The lowest BCUT2D eigenvalue weighted by molar-refractivity contribution is -0.121. The Morgan fingerprint density at radius 3 is 2.32 bits per heavy atom. The Morgan fingerprint density at radius 2 is 1.71 bits per heavy atom. The number of hydrazine groups is 1. The van der Waals surface area contributed by atoms with Gasteiger partial charge in [-0.05, 0) is 51.7 Å². The van der Waals surface area contributed by atoms with Crippen LogP contribution < -0.4 is 15.6 Å². The monoisotopic (exact) mass is 468 g/mol. The average Bonchev–Trinajstić information content (AvgIpc) is 3.11. The van der Waals surface area contributed by atoms with E-state index in [-0.39, 0.29) is 18.1 Å². The molecule has 1 aromatic heterocycles. The molecule has 9 nitrogen and oxygen atoms in total. The molecule has 0 fully saturated rings. The van der Waals surface area contributed by atoms with Gasteiger partial charge < -0.3 is 4.74 Å². The Balaban J connectivity index is 1.78. The molecule has 0 spiro atoms. The van der Waals surface area contributed by atoms with Crippen LogP contribution in [0.4, 0.5) is 9.93 Å². The first-order valence-electron chi connectivity index (χ1n) is 9.76. The molecule has 3 N–H and O–H groups in total. The van der Waals surface area contributed by atoms with Gasteiger partial charge in [0, 0.05) is 5.38 Å². The van der Waals surface area contributed by atoms with Crippen LogP contribution >= 0.6 is 11.3 Å². The number of nitrogens with one attached hydrogen (secondary N) is 3. The van der Waals surface area contributed by atoms with Crippen LogP contribution in [0.15, 0.2) is 29.6 Å². The first-order chi connectivity index (χ1) is 14.5. The number of carbonyl (C=O) groups is 2. The number of carbonyl (C=O) groups excluding carboxylic acids is 2. The number of ether oxygens (including phenoxy) is 1. The van der Waals surface area contributed by atoms with Crippen molar-refractivity contribution in [3.8, 4) is 0 Å². The highest BCUT2D eigenvalue weighted by atomic mass is 32.2. The first kappa shape index (κ1) is 24.6. The number of amides is 2. The minimum atomic E-state index is -3.32. The standard InChI is InChI=1S/C20H28N4O5S2/c1-5-31(27,28)24-18-21-16(13-30-18)11-10-14-6-8-15(9-7-14)12-17(25)22-23-19(26)29-20(2,3)4/h6-9,13H,5,10-12H2,1-4H3,(H,21,24)(H,22,25)(H,23,26). The summed E-state index contributed by atoms with van der Waals surface area (Å²) in [7, 11) is -3.32. The summed E-state index contributed by atoms with van der Waals surface area (Å²) in [5.41, 5.74) is 6.58. The maximum Gasteiger partial charge on any atom is 0.426 e. The summed E-state index contributed by atoms with van der Waals surface area (Å²) in [5, 5.41) is 2.21. The van der Waals surface area contributed by atoms with E-state index in [1.54, 1.807) is 27.7 Å². The minimum absolute atomic E-state index is 0.00332. The molecule has 2 amide bonds. The van der Waals surface area contributed by atoms with Crippen LogP contribution in [-0.2, 0) is 38.8 Å².